The van der Waals surface area contributed by atoms with Gasteiger partial charge < -0.3 is 15.0 Å². The van der Waals surface area contributed by atoms with Crippen LogP contribution < -0.4 is 10.2 Å². The third kappa shape index (κ3) is 3.60. The number of fused-ring (bicyclic) bond motifs is 2. The van der Waals surface area contributed by atoms with Crippen molar-refractivity contribution >= 4 is 11.9 Å². The summed E-state index contributed by atoms with van der Waals surface area (Å²) >= 11 is 0. The second-order valence-electron chi connectivity index (χ2n) is 7.76. The number of aromatic nitrogens is 2. The number of anilines is 1. The maximum absolute atomic E-state index is 14.1. The second-order valence-corrected chi connectivity index (χ2v) is 7.76. The first-order chi connectivity index (χ1) is 11.2. The van der Waals surface area contributed by atoms with E-state index in [2.05, 4.69) is 15.3 Å². The van der Waals surface area contributed by atoms with Crippen LogP contribution in [0.5, 0.6) is 0 Å². The van der Waals surface area contributed by atoms with Crippen molar-refractivity contribution < 1.29 is 13.9 Å². The van der Waals surface area contributed by atoms with Crippen molar-refractivity contribution in [1.29, 1.82) is 0 Å². The Kier molecular flexibility index (Phi) is 4.36. The van der Waals surface area contributed by atoms with Gasteiger partial charge in [-0.15, -0.1) is 0 Å². The van der Waals surface area contributed by atoms with E-state index in [-0.39, 0.29) is 24.0 Å². The average molecular weight is 336 g/mol. The minimum atomic E-state index is -0.508. The molecule has 6 nitrogen and oxygen atoms in total. The Morgan fingerprint density at radius 1 is 1.33 bits per heavy atom. The van der Waals surface area contributed by atoms with E-state index in [0.717, 1.165) is 12.8 Å². The molecule has 2 heterocycles. The topological polar surface area (TPSA) is 67.4 Å². The number of alkyl carbamates (subject to hydrolysis) is 1. The van der Waals surface area contributed by atoms with Crippen LogP contribution in [0.1, 0.15) is 39.4 Å². The molecule has 132 valence electrons. The van der Waals surface area contributed by atoms with Crippen LogP contribution in [0.3, 0.4) is 0 Å². The van der Waals surface area contributed by atoms with Gasteiger partial charge in [0.2, 0.25) is 0 Å². The van der Waals surface area contributed by atoms with Crippen LogP contribution in [-0.4, -0.2) is 40.8 Å². The average Bonchev–Trinajstić information content (AvgIpc) is 2.70. The molecule has 1 amide bonds. The smallest absolute Gasteiger partial charge is 0.407 e. The van der Waals surface area contributed by atoms with Crippen molar-refractivity contribution in [2.45, 2.75) is 52.2 Å². The summed E-state index contributed by atoms with van der Waals surface area (Å²) in [7, 11) is 0. The fourth-order valence-corrected chi connectivity index (χ4v) is 3.74. The maximum Gasteiger partial charge on any atom is 0.407 e. The highest BCUT2D eigenvalue weighted by molar-refractivity contribution is 5.68. The van der Waals surface area contributed by atoms with Gasteiger partial charge in [-0.3, -0.25) is 0 Å². The molecule has 0 aromatic carbocycles. The number of rotatable bonds is 2. The minimum absolute atomic E-state index is 0.0853. The number of carbonyl (C=O) groups excluding carboxylic acids is 1. The lowest BCUT2D eigenvalue weighted by Gasteiger charge is -2.39. The van der Waals surface area contributed by atoms with Crippen molar-refractivity contribution in [3.63, 3.8) is 0 Å². The van der Waals surface area contributed by atoms with Gasteiger partial charge in [-0.25, -0.2) is 19.2 Å². The third-order valence-corrected chi connectivity index (χ3v) is 4.66. The van der Waals surface area contributed by atoms with E-state index >= 15 is 0 Å². The van der Waals surface area contributed by atoms with Gasteiger partial charge in [-0.1, -0.05) is 0 Å². The lowest BCUT2D eigenvalue weighted by molar-refractivity contribution is 0.0472. The van der Waals surface area contributed by atoms with Crippen LogP contribution >= 0.6 is 0 Å². The van der Waals surface area contributed by atoms with E-state index in [4.69, 9.17) is 4.74 Å². The van der Waals surface area contributed by atoms with Gasteiger partial charge in [-0.2, -0.15) is 0 Å². The SMILES string of the molecule is Cc1ncc(F)c(N2C[C@H]3CC[C@@H](C2)[C@@H]3NC(=O)OC(C)(C)C)n1. The molecule has 0 unspecified atom stereocenters. The Bertz CT molecular complexity index is 618. The zero-order valence-corrected chi connectivity index (χ0v) is 14.7. The van der Waals surface area contributed by atoms with E-state index in [9.17, 15) is 9.18 Å². The van der Waals surface area contributed by atoms with E-state index in [1.165, 1.54) is 6.20 Å². The molecule has 1 aromatic heterocycles. The van der Waals surface area contributed by atoms with Gasteiger partial charge in [0.1, 0.15) is 11.4 Å². The van der Waals surface area contributed by atoms with Crippen LogP contribution in [0.15, 0.2) is 6.20 Å². The summed E-state index contributed by atoms with van der Waals surface area (Å²) in [6, 6.07) is 0.0853. The lowest BCUT2D eigenvalue weighted by Crippen LogP contribution is -2.53. The first-order valence-electron chi connectivity index (χ1n) is 8.46. The fraction of sp³-hybridized carbons (Fsp3) is 0.706. The molecule has 1 aliphatic heterocycles. The standard InChI is InChI=1S/C17H25FN4O2/c1-10-19-7-13(18)15(20-10)22-8-11-5-6-12(9-22)14(11)21-16(23)24-17(2,3)4/h7,11-12,14H,5-6,8-9H2,1-4H3,(H,21,23)/t11-,12+,14-. The van der Waals surface area contributed by atoms with E-state index in [1.54, 1.807) is 6.92 Å². The second kappa shape index (κ2) is 6.18. The summed E-state index contributed by atoms with van der Waals surface area (Å²) in [5.74, 6) is 1.11. The molecule has 0 spiro atoms. The van der Waals surface area contributed by atoms with Crippen LogP contribution in [0, 0.1) is 24.6 Å². The number of ether oxygens (including phenoxy) is 1. The molecule has 7 heteroatoms. The number of nitrogens with one attached hydrogen (secondary N) is 1. The van der Waals surface area contributed by atoms with Crippen molar-refractivity contribution in [3.8, 4) is 0 Å². The molecular formula is C17H25FN4O2. The number of aryl methyl sites for hydroxylation is 1. The highest BCUT2D eigenvalue weighted by Crippen LogP contribution is 2.38. The van der Waals surface area contributed by atoms with E-state index < -0.39 is 11.4 Å². The molecule has 0 radical (unpaired) electrons. The zero-order chi connectivity index (χ0) is 17.5. The zero-order valence-electron chi connectivity index (χ0n) is 14.7. The van der Waals surface area contributed by atoms with Crippen LogP contribution in [0.4, 0.5) is 15.0 Å². The highest BCUT2D eigenvalue weighted by Gasteiger charge is 2.44. The molecule has 1 saturated heterocycles. The van der Waals surface area contributed by atoms with Gasteiger partial charge in [0, 0.05) is 19.1 Å². The predicted octanol–water partition coefficient (Wildman–Crippen LogP) is 2.66. The Hall–Kier alpha value is -1.92. The normalized spacial score (nSPS) is 26.4. The molecule has 2 fully saturated rings. The van der Waals surface area contributed by atoms with Gasteiger partial charge in [0.15, 0.2) is 11.6 Å². The summed E-state index contributed by atoms with van der Waals surface area (Å²) in [6.07, 6.45) is 2.90. The summed E-state index contributed by atoms with van der Waals surface area (Å²) in [4.78, 5) is 22.2. The Morgan fingerprint density at radius 3 is 2.54 bits per heavy atom. The summed E-state index contributed by atoms with van der Waals surface area (Å²) in [6.45, 7) is 8.68. The maximum atomic E-state index is 14.1. The van der Waals surface area contributed by atoms with Gasteiger partial charge in [0.05, 0.1) is 6.20 Å². The molecular weight excluding hydrogens is 311 g/mol. The Morgan fingerprint density at radius 2 is 1.96 bits per heavy atom. The third-order valence-electron chi connectivity index (χ3n) is 4.66. The summed E-state index contributed by atoms with van der Waals surface area (Å²) in [5.41, 5.74) is -0.508. The Labute approximate surface area is 141 Å². The molecule has 3 atom stereocenters. The molecule has 1 N–H and O–H groups in total. The van der Waals surface area contributed by atoms with Crippen molar-refractivity contribution in [3.05, 3.63) is 17.8 Å². The lowest BCUT2D eigenvalue weighted by atomic mass is 9.92. The van der Waals surface area contributed by atoms with E-state index in [1.807, 2.05) is 25.7 Å². The van der Waals surface area contributed by atoms with Crippen molar-refractivity contribution in [2.24, 2.45) is 11.8 Å². The summed E-state index contributed by atoms with van der Waals surface area (Å²) < 4.78 is 19.4. The number of carbonyl (C=O) groups is 1. The van der Waals surface area contributed by atoms with Gasteiger partial charge in [-0.05, 0) is 52.4 Å². The molecule has 1 saturated carbocycles. The molecule has 1 aliphatic carbocycles. The number of halogens is 1. The van der Waals surface area contributed by atoms with Crippen LogP contribution in [0.25, 0.3) is 0 Å². The van der Waals surface area contributed by atoms with Crippen LogP contribution in [-0.2, 0) is 4.74 Å². The quantitative estimate of drug-likeness (QED) is 0.899. The van der Waals surface area contributed by atoms with E-state index in [0.29, 0.717) is 24.7 Å². The molecule has 2 aliphatic rings. The number of hydrogen-bond acceptors (Lipinski definition) is 5. The molecule has 3 rings (SSSR count). The monoisotopic (exact) mass is 336 g/mol. The van der Waals surface area contributed by atoms with Crippen LogP contribution in [0.2, 0.25) is 0 Å². The largest absolute Gasteiger partial charge is 0.444 e. The predicted molar refractivity (Wildman–Crippen MR) is 88.3 cm³/mol. The highest BCUT2D eigenvalue weighted by atomic mass is 19.1. The number of piperidine rings is 1. The fourth-order valence-electron chi connectivity index (χ4n) is 3.74. The molecule has 24 heavy (non-hydrogen) atoms. The number of amides is 1. The van der Waals surface area contributed by atoms with Crippen molar-refractivity contribution in [1.82, 2.24) is 15.3 Å². The van der Waals surface area contributed by atoms with Gasteiger partial charge in [0.25, 0.3) is 0 Å². The van der Waals surface area contributed by atoms with Crippen molar-refractivity contribution in [2.75, 3.05) is 18.0 Å². The first kappa shape index (κ1) is 16.9. The molecule has 1 aromatic rings. The first-order valence-corrected chi connectivity index (χ1v) is 8.46. The van der Waals surface area contributed by atoms with Gasteiger partial charge >= 0.3 is 6.09 Å². The summed E-state index contributed by atoms with van der Waals surface area (Å²) in [5, 5.41) is 3.02. The number of nitrogens with zero attached hydrogens (tertiary/aromatic N) is 3. The number of hydrogen-bond donors (Lipinski definition) is 1. The molecule has 2 bridgehead atoms. The minimum Gasteiger partial charge on any atom is -0.444 e. The Balaban J connectivity index is 1.68.